The summed E-state index contributed by atoms with van der Waals surface area (Å²) in [5, 5.41) is 0. The second-order valence-corrected chi connectivity index (χ2v) is 3.90. The van der Waals surface area contributed by atoms with Crippen LogP contribution in [0.1, 0.15) is 11.1 Å². The van der Waals surface area contributed by atoms with Gasteiger partial charge in [0.15, 0.2) is 0 Å². The normalized spacial score (nSPS) is 15.5. The Morgan fingerprint density at radius 3 is 2.92 bits per heavy atom. The number of hydrogen-bond acceptors (Lipinski definition) is 1. The van der Waals surface area contributed by atoms with Crippen LogP contribution in [-0.4, -0.2) is 11.9 Å². The standard InChI is InChI=1S/C10H10BrN/c1-12-6-8-4-2-3-5-9(8)10(11)7-12/h2-5,7H,6H2,1H3. The van der Waals surface area contributed by atoms with Crippen molar-refractivity contribution in [3.05, 3.63) is 41.6 Å². The van der Waals surface area contributed by atoms with Crippen LogP contribution in [0.4, 0.5) is 0 Å². The zero-order valence-electron chi connectivity index (χ0n) is 6.92. The molecule has 1 aromatic carbocycles. The van der Waals surface area contributed by atoms with Crippen LogP contribution in [0.3, 0.4) is 0 Å². The lowest BCUT2D eigenvalue weighted by atomic mass is 10.1. The number of nitrogens with zero attached hydrogens (tertiary/aromatic N) is 1. The molecule has 1 aromatic rings. The van der Waals surface area contributed by atoms with E-state index in [9.17, 15) is 0 Å². The first kappa shape index (κ1) is 7.87. The van der Waals surface area contributed by atoms with Gasteiger partial charge in [0.1, 0.15) is 0 Å². The fourth-order valence-electron chi connectivity index (χ4n) is 1.47. The molecule has 12 heavy (non-hydrogen) atoms. The molecule has 0 saturated heterocycles. The van der Waals surface area contributed by atoms with Crippen LogP contribution in [0, 0.1) is 0 Å². The minimum absolute atomic E-state index is 1.01. The van der Waals surface area contributed by atoms with Gasteiger partial charge < -0.3 is 4.90 Å². The van der Waals surface area contributed by atoms with Crippen LogP contribution >= 0.6 is 15.9 Å². The van der Waals surface area contributed by atoms with Crippen molar-refractivity contribution in [1.29, 1.82) is 0 Å². The number of halogens is 1. The Morgan fingerprint density at radius 1 is 1.33 bits per heavy atom. The van der Waals surface area contributed by atoms with E-state index in [0.717, 1.165) is 6.54 Å². The van der Waals surface area contributed by atoms with Crippen molar-refractivity contribution in [2.75, 3.05) is 7.05 Å². The van der Waals surface area contributed by atoms with E-state index in [0.29, 0.717) is 0 Å². The van der Waals surface area contributed by atoms with Crippen molar-refractivity contribution < 1.29 is 0 Å². The average Bonchev–Trinajstić information content (AvgIpc) is 2.04. The summed E-state index contributed by atoms with van der Waals surface area (Å²) in [6.07, 6.45) is 2.11. The minimum atomic E-state index is 1.01. The molecule has 1 nitrogen and oxygen atoms in total. The Kier molecular flexibility index (Phi) is 1.93. The van der Waals surface area contributed by atoms with Crippen LogP contribution < -0.4 is 0 Å². The molecule has 0 bridgehead atoms. The fraction of sp³-hybridized carbons (Fsp3) is 0.200. The molecular formula is C10H10BrN. The molecule has 62 valence electrons. The molecule has 0 spiro atoms. The average molecular weight is 224 g/mol. The molecule has 0 amide bonds. The van der Waals surface area contributed by atoms with Crippen LogP contribution in [0.5, 0.6) is 0 Å². The van der Waals surface area contributed by atoms with E-state index >= 15 is 0 Å². The van der Waals surface area contributed by atoms with E-state index < -0.39 is 0 Å². The first-order valence-corrected chi connectivity index (χ1v) is 4.72. The molecule has 1 aliphatic rings. The maximum Gasteiger partial charge on any atom is 0.0427 e. The monoisotopic (exact) mass is 223 g/mol. The van der Waals surface area contributed by atoms with E-state index in [2.05, 4.69) is 58.3 Å². The Morgan fingerprint density at radius 2 is 2.08 bits per heavy atom. The van der Waals surface area contributed by atoms with Crippen LogP contribution in [0.25, 0.3) is 4.48 Å². The quantitative estimate of drug-likeness (QED) is 0.654. The molecule has 1 heterocycles. The van der Waals surface area contributed by atoms with Crippen LogP contribution in [-0.2, 0) is 6.54 Å². The molecule has 0 saturated carbocycles. The molecule has 0 aliphatic carbocycles. The summed E-state index contributed by atoms with van der Waals surface area (Å²) in [6, 6.07) is 8.46. The zero-order valence-corrected chi connectivity index (χ0v) is 8.51. The molecule has 0 radical (unpaired) electrons. The minimum Gasteiger partial charge on any atom is -0.375 e. The Bertz CT molecular complexity index is 330. The van der Waals surface area contributed by atoms with Gasteiger partial charge in [-0.15, -0.1) is 0 Å². The van der Waals surface area contributed by atoms with Crippen molar-refractivity contribution >= 4 is 20.4 Å². The first-order chi connectivity index (χ1) is 5.77. The largest absolute Gasteiger partial charge is 0.375 e. The van der Waals surface area contributed by atoms with Gasteiger partial charge in [-0.3, -0.25) is 0 Å². The Balaban J connectivity index is 2.53. The van der Waals surface area contributed by atoms with Gasteiger partial charge in [-0.25, -0.2) is 0 Å². The van der Waals surface area contributed by atoms with Gasteiger partial charge in [0.25, 0.3) is 0 Å². The van der Waals surface area contributed by atoms with Crippen molar-refractivity contribution in [3.8, 4) is 0 Å². The van der Waals surface area contributed by atoms with Crippen molar-refractivity contribution in [3.63, 3.8) is 0 Å². The van der Waals surface area contributed by atoms with E-state index in [4.69, 9.17) is 0 Å². The highest BCUT2D eigenvalue weighted by molar-refractivity contribution is 9.15. The molecule has 0 fully saturated rings. The number of benzene rings is 1. The van der Waals surface area contributed by atoms with E-state index in [1.54, 1.807) is 0 Å². The number of fused-ring (bicyclic) bond motifs is 1. The smallest absolute Gasteiger partial charge is 0.0427 e. The molecule has 2 rings (SSSR count). The third-order valence-corrected chi connectivity index (χ3v) is 2.66. The van der Waals surface area contributed by atoms with Crippen molar-refractivity contribution in [2.24, 2.45) is 0 Å². The van der Waals surface area contributed by atoms with Gasteiger partial charge in [0, 0.05) is 24.3 Å². The number of hydrogen-bond donors (Lipinski definition) is 0. The highest BCUT2D eigenvalue weighted by atomic mass is 79.9. The molecule has 0 unspecified atom stereocenters. The molecule has 2 heteroatoms. The second-order valence-electron chi connectivity index (χ2n) is 3.05. The molecule has 0 aromatic heterocycles. The summed E-state index contributed by atoms with van der Waals surface area (Å²) < 4.78 is 1.17. The van der Waals surface area contributed by atoms with Gasteiger partial charge in [-0.05, 0) is 27.1 Å². The van der Waals surface area contributed by atoms with Crippen LogP contribution in [0.2, 0.25) is 0 Å². The Labute approximate surface area is 80.8 Å². The maximum atomic E-state index is 3.55. The second kappa shape index (κ2) is 2.94. The first-order valence-electron chi connectivity index (χ1n) is 3.93. The van der Waals surface area contributed by atoms with E-state index in [-0.39, 0.29) is 0 Å². The summed E-state index contributed by atoms with van der Waals surface area (Å²) in [5.74, 6) is 0. The Hall–Kier alpha value is -0.760. The number of rotatable bonds is 0. The summed E-state index contributed by atoms with van der Waals surface area (Å²) in [6.45, 7) is 1.01. The van der Waals surface area contributed by atoms with Gasteiger partial charge in [-0.2, -0.15) is 0 Å². The van der Waals surface area contributed by atoms with E-state index in [1.165, 1.54) is 15.6 Å². The third kappa shape index (κ3) is 1.27. The van der Waals surface area contributed by atoms with Gasteiger partial charge >= 0.3 is 0 Å². The SMILES string of the molecule is CN1C=C(Br)c2ccccc2C1. The summed E-state index contributed by atoms with van der Waals surface area (Å²) in [4.78, 5) is 2.17. The molecule has 0 N–H and O–H groups in total. The fourth-order valence-corrected chi connectivity index (χ4v) is 2.20. The highest BCUT2D eigenvalue weighted by Gasteiger charge is 2.11. The van der Waals surface area contributed by atoms with Crippen molar-refractivity contribution in [2.45, 2.75) is 6.54 Å². The lowest BCUT2D eigenvalue weighted by molar-refractivity contribution is 0.447. The summed E-state index contributed by atoms with van der Waals surface area (Å²) >= 11 is 3.55. The lowest BCUT2D eigenvalue weighted by Crippen LogP contribution is -2.15. The molecule has 0 atom stereocenters. The van der Waals surface area contributed by atoms with Gasteiger partial charge in [0.2, 0.25) is 0 Å². The topological polar surface area (TPSA) is 3.24 Å². The third-order valence-electron chi connectivity index (χ3n) is 2.03. The predicted octanol–water partition coefficient (Wildman–Crippen LogP) is 2.83. The predicted molar refractivity (Wildman–Crippen MR) is 54.8 cm³/mol. The van der Waals surface area contributed by atoms with Gasteiger partial charge in [-0.1, -0.05) is 24.3 Å². The van der Waals surface area contributed by atoms with Gasteiger partial charge in [0.05, 0.1) is 0 Å². The highest BCUT2D eigenvalue weighted by Crippen LogP contribution is 2.29. The maximum absolute atomic E-state index is 3.55. The molecular weight excluding hydrogens is 214 g/mol. The summed E-state index contributed by atoms with van der Waals surface area (Å²) in [7, 11) is 2.08. The zero-order chi connectivity index (χ0) is 8.55. The lowest BCUT2D eigenvalue weighted by Gasteiger charge is -2.22. The molecule has 1 aliphatic heterocycles. The van der Waals surface area contributed by atoms with Crippen molar-refractivity contribution in [1.82, 2.24) is 4.90 Å². The van der Waals surface area contributed by atoms with Crippen LogP contribution in [0.15, 0.2) is 30.5 Å². The van der Waals surface area contributed by atoms with E-state index in [1.807, 2.05) is 0 Å². The summed E-state index contributed by atoms with van der Waals surface area (Å²) in [5.41, 5.74) is 2.70.